The van der Waals surface area contributed by atoms with Gasteiger partial charge in [0.25, 0.3) is 0 Å². The standard InChI is InChI=1S/C40H34N4O12/c1-51-39(49)29-15-25(7-13-31(29)45)19-43-41-17-23-3-9-27(10-4-23)37(47)55-33-21-53-36-34(22-54-35(33)36)56-38(48)28-11-5-24(6-12-28)18-42-44-20-26-8-14-32(46)30(16-26)40(50)52-2/h3-20,33-36,45-46H,21-22H2,1-2H3/b41-17+,42-18+,43-19+,44-20+/t33-,34+,35?,36?. The predicted molar refractivity (Wildman–Crippen MR) is 200 cm³/mol. The summed E-state index contributed by atoms with van der Waals surface area (Å²) in [6.45, 7) is 0.130. The summed E-state index contributed by atoms with van der Waals surface area (Å²) in [7, 11) is 2.43. The van der Waals surface area contributed by atoms with Gasteiger partial charge in [0.1, 0.15) is 34.8 Å². The summed E-state index contributed by atoms with van der Waals surface area (Å²) < 4.78 is 32.4. The molecule has 4 atom stereocenters. The molecule has 2 fully saturated rings. The van der Waals surface area contributed by atoms with Gasteiger partial charge in [-0.3, -0.25) is 0 Å². The van der Waals surface area contributed by atoms with Crippen LogP contribution in [0.4, 0.5) is 0 Å². The van der Waals surface area contributed by atoms with Crippen LogP contribution in [0.15, 0.2) is 105 Å². The molecule has 2 heterocycles. The van der Waals surface area contributed by atoms with E-state index in [4.69, 9.17) is 18.9 Å². The number of carbonyl (C=O) groups is 4. The molecule has 6 rings (SSSR count). The SMILES string of the molecule is COC(=O)c1cc(/C=N/N=C/c2ccc(C(=O)O[C@H]3COC4C3OC[C@H]4OC(=O)c3ccc(/C=N/N=C/c4ccc(O)c(C(=O)OC)c4)cc3)cc2)ccc1O. The van der Waals surface area contributed by atoms with Crippen LogP contribution in [-0.4, -0.2) is 111 Å². The van der Waals surface area contributed by atoms with Crippen molar-refractivity contribution in [3.63, 3.8) is 0 Å². The van der Waals surface area contributed by atoms with Crippen molar-refractivity contribution in [2.24, 2.45) is 20.4 Å². The minimum Gasteiger partial charge on any atom is -0.507 e. The van der Waals surface area contributed by atoms with Crippen LogP contribution < -0.4 is 0 Å². The van der Waals surface area contributed by atoms with Gasteiger partial charge in [0, 0.05) is 0 Å². The summed E-state index contributed by atoms with van der Waals surface area (Å²) in [6.07, 6.45) is 3.10. The van der Waals surface area contributed by atoms with Crippen molar-refractivity contribution in [1.82, 2.24) is 0 Å². The Bertz CT molecular complexity index is 2060. The molecule has 2 aliphatic rings. The number of ether oxygens (including phenoxy) is 6. The van der Waals surface area contributed by atoms with Crippen molar-refractivity contribution in [3.05, 3.63) is 129 Å². The van der Waals surface area contributed by atoms with E-state index in [1.54, 1.807) is 60.7 Å². The van der Waals surface area contributed by atoms with E-state index in [-0.39, 0.29) is 35.8 Å². The molecule has 0 aliphatic carbocycles. The lowest BCUT2D eigenvalue weighted by molar-refractivity contribution is -0.0287. The van der Waals surface area contributed by atoms with E-state index >= 15 is 0 Å². The zero-order valence-corrected chi connectivity index (χ0v) is 29.9. The second-order valence-corrected chi connectivity index (χ2v) is 12.2. The van der Waals surface area contributed by atoms with Gasteiger partial charge in [-0.15, -0.1) is 0 Å². The Morgan fingerprint density at radius 3 is 1.23 bits per heavy atom. The highest BCUT2D eigenvalue weighted by Crippen LogP contribution is 2.31. The van der Waals surface area contributed by atoms with Crippen LogP contribution in [0.25, 0.3) is 0 Å². The smallest absolute Gasteiger partial charge is 0.341 e. The number of phenolic OH excluding ortho intramolecular Hbond substituents is 2. The van der Waals surface area contributed by atoms with Crippen LogP contribution in [0.1, 0.15) is 63.7 Å². The Morgan fingerprint density at radius 1 is 0.536 bits per heavy atom. The lowest BCUT2D eigenvalue weighted by Crippen LogP contribution is -2.36. The Hall–Kier alpha value is -7.04. The van der Waals surface area contributed by atoms with Crippen molar-refractivity contribution in [3.8, 4) is 11.5 Å². The number of benzene rings is 4. The maximum Gasteiger partial charge on any atom is 0.341 e. The molecule has 0 radical (unpaired) electrons. The van der Waals surface area contributed by atoms with Crippen LogP contribution in [-0.2, 0) is 28.4 Å². The number of methoxy groups -OCH3 is 2. The summed E-state index contributed by atoms with van der Waals surface area (Å²) in [6, 6.07) is 21.7. The Morgan fingerprint density at radius 2 is 0.875 bits per heavy atom. The van der Waals surface area contributed by atoms with Crippen LogP contribution in [0, 0.1) is 0 Å². The summed E-state index contributed by atoms with van der Waals surface area (Å²) >= 11 is 0. The van der Waals surface area contributed by atoms with Gasteiger partial charge >= 0.3 is 23.9 Å². The maximum absolute atomic E-state index is 12.9. The summed E-state index contributed by atoms with van der Waals surface area (Å²) in [5.74, 6) is -2.94. The average Bonchev–Trinajstić information content (AvgIpc) is 3.81. The van der Waals surface area contributed by atoms with Gasteiger partial charge in [-0.2, -0.15) is 20.4 Å². The normalized spacial score (nSPS) is 19.1. The molecule has 2 unspecified atom stereocenters. The lowest BCUT2D eigenvalue weighted by atomic mass is 10.1. The molecule has 0 bridgehead atoms. The Labute approximate surface area is 319 Å². The van der Waals surface area contributed by atoms with Crippen molar-refractivity contribution in [2.75, 3.05) is 27.4 Å². The van der Waals surface area contributed by atoms with Gasteiger partial charge in [0.15, 0.2) is 12.2 Å². The molecule has 286 valence electrons. The lowest BCUT2D eigenvalue weighted by Gasteiger charge is -2.17. The van der Waals surface area contributed by atoms with E-state index in [9.17, 15) is 29.4 Å². The van der Waals surface area contributed by atoms with Gasteiger partial charge in [0.2, 0.25) is 0 Å². The fourth-order valence-corrected chi connectivity index (χ4v) is 5.67. The molecule has 2 N–H and O–H groups in total. The molecular weight excluding hydrogens is 728 g/mol. The van der Waals surface area contributed by atoms with Crippen molar-refractivity contribution < 1.29 is 57.8 Å². The number of rotatable bonds is 12. The molecule has 4 aromatic rings. The number of phenols is 2. The van der Waals surface area contributed by atoms with E-state index < -0.39 is 48.3 Å². The number of hydrogen-bond acceptors (Lipinski definition) is 16. The fraction of sp³-hybridized carbons (Fsp3) is 0.200. The molecule has 56 heavy (non-hydrogen) atoms. The molecule has 2 saturated heterocycles. The van der Waals surface area contributed by atoms with Gasteiger partial charge in [-0.25, -0.2) is 19.2 Å². The summed E-state index contributed by atoms with van der Waals surface area (Å²) in [5.41, 5.74) is 2.96. The fourth-order valence-electron chi connectivity index (χ4n) is 5.67. The predicted octanol–water partition coefficient (Wildman–Crippen LogP) is 4.13. The second-order valence-electron chi connectivity index (χ2n) is 12.2. The summed E-state index contributed by atoms with van der Waals surface area (Å²) in [5, 5.41) is 35.6. The van der Waals surface area contributed by atoms with Crippen LogP contribution in [0.3, 0.4) is 0 Å². The van der Waals surface area contributed by atoms with Crippen molar-refractivity contribution in [2.45, 2.75) is 24.4 Å². The van der Waals surface area contributed by atoms with E-state index in [0.717, 1.165) is 0 Å². The van der Waals surface area contributed by atoms with Crippen LogP contribution in [0.2, 0.25) is 0 Å². The molecule has 4 aromatic carbocycles. The van der Waals surface area contributed by atoms with E-state index in [0.29, 0.717) is 33.4 Å². The zero-order valence-electron chi connectivity index (χ0n) is 29.9. The summed E-state index contributed by atoms with van der Waals surface area (Å²) in [4.78, 5) is 49.4. The molecule has 16 nitrogen and oxygen atoms in total. The van der Waals surface area contributed by atoms with E-state index in [1.807, 2.05) is 0 Å². The number of aromatic hydroxyl groups is 2. The van der Waals surface area contributed by atoms with Crippen LogP contribution >= 0.6 is 0 Å². The first-order chi connectivity index (χ1) is 27.1. The monoisotopic (exact) mass is 762 g/mol. The number of hydrogen-bond donors (Lipinski definition) is 2. The molecule has 0 spiro atoms. The maximum atomic E-state index is 12.9. The third-order valence-corrected chi connectivity index (χ3v) is 8.58. The number of fused-ring (bicyclic) bond motifs is 1. The number of esters is 4. The van der Waals surface area contributed by atoms with E-state index in [2.05, 4.69) is 29.9 Å². The molecule has 0 saturated carbocycles. The second kappa shape index (κ2) is 17.9. The van der Waals surface area contributed by atoms with Gasteiger partial charge in [-0.1, -0.05) is 24.3 Å². The number of nitrogens with zero attached hydrogens (tertiary/aromatic N) is 4. The molecule has 0 aromatic heterocycles. The average molecular weight is 763 g/mol. The first-order valence-corrected chi connectivity index (χ1v) is 16.9. The highest BCUT2D eigenvalue weighted by molar-refractivity contribution is 5.96. The van der Waals surface area contributed by atoms with Gasteiger partial charge in [0.05, 0.1) is 63.4 Å². The number of carbonyl (C=O) groups excluding carboxylic acids is 4. The highest BCUT2D eigenvalue weighted by Gasteiger charge is 2.51. The Balaban J connectivity index is 0.959. The molecule has 2 aliphatic heterocycles. The minimum absolute atomic E-state index is 0.00445. The minimum atomic E-state index is -0.712. The van der Waals surface area contributed by atoms with Gasteiger partial charge < -0.3 is 38.6 Å². The topological polar surface area (TPSA) is 214 Å². The van der Waals surface area contributed by atoms with Gasteiger partial charge in [-0.05, 0) is 82.9 Å². The Kier molecular flexibility index (Phi) is 12.3. The van der Waals surface area contributed by atoms with Crippen molar-refractivity contribution >= 4 is 48.7 Å². The van der Waals surface area contributed by atoms with Crippen LogP contribution in [0.5, 0.6) is 11.5 Å². The first-order valence-electron chi connectivity index (χ1n) is 16.9. The molecular formula is C40H34N4O12. The molecule has 16 heteroatoms. The highest BCUT2D eigenvalue weighted by atomic mass is 16.7. The molecule has 0 amide bonds. The largest absolute Gasteiger partial charge is 0.507 e. The third kappa shape index (κ3) is 9.36. The third-order valence-electron chi connectivity index (χ3n) is 8.58. The van der Waals surface area contributed by atoms with Crippen molar-refractivity contribution in [1.29, 1.82) is 0 Å². The zero-order chi connectivity index (χ0) is 39.6. The van der Waals surface area contributed by atoms with E-state index in [1.165, 1.54) is 63.3 Å². The first kappa shape index (κ1) is 38.7. The quantitative estimate of drug-likeness (QED) is 0.0903.